The Bertz CT molecular complexity index is 1300. The Morgan fingerprint density at radius 3 is 2.30 bits per heavy atom. The number of fused-ring (bicyclic) bond motifs is 1. The molecule has 4 aromatic rings. The van der Waals surface area contributed by atoms with Gasteiger partial charge in [-0.25, -0.2) is 9.78 Å². The lowest BCUT2D eigenvalue weighted by atomic mass is 10.2. The molecule has 1 N–H and O–H groups in total. The van der Waals surface area contributed by atoms with E-state index in [-0.39, 0.29) is 16.9 Å². The van der Waals surface area contributed by atoms with Gasteiger partial charge in [0.2, 0.25) is 5.95 Å². The molecule has 0 fully saturated rings. The van der Waals surface area contributed by atoms with Crippen LogP contribution in [0, 0.1) is 0 Å². The van der Waals surface area contributed by atoms with Crippen LogP contribution in [0.25, 0.3) is 10.9 Å². The van der Waals surface area contributed by atoms with Crippen LogP contribution in [0.1, 0.15) is 10.4 Å². The van der Waals surface area contributed by atoms with Gasteiger partial charge in [-0.3, -0.25) is 4.79 Å². The zero-order valence-electron chi connectivity index (χ0n) is 15.1. The van der Waals surface area contributed by atoms with Gasteiger partial charge in [0, 0.05) is 20.8 Å². The largest absolute Gasteiger partial charge is 0.363 e. The van der Waals surface area contributed by atoms with Gasteiger partial charge in [-0.2, -0.15) is 0 Å². The minimum Gasteiger partial charge on any atom is -0.324 e. The third kappa shape index (κ3) is 4.26. The Morgan fingerprint density at radius 1 is 0.900 bits per heavy atom. The topological polar surface area (TPSA) is 73.2 Å². The monoisotopic (exact) mass is 459 g/mol. The quantitative estimate of drug-likeness (QED) is 0.443. The average Bonchev–Trinajstić information content (AvgIpc) is 2.70. The van der Waals surface area contributed by atoms with E-state index >= 15 is 0 Å². The summed E-state index contributed by atoms with van der Waals surface area (Å²) >= 11 is 18.1. The van der Waals surface area contributed by atoms with E-state index < -0.39 is 11.5 Å². The van der Waals surface area contributed by atoms with Crippen LogP contribution in [0.5, 0.6) is 0 Å². The van der Waals surface area contributed by atoms with E-state index in [2.05, 4.69) is 10.3 Å². The van der Waals surface area contributed by atoms with E-state index in [0.717, 1.165) is 4.73 Å². The van der Waals surface area contributed by atoms with Crippen molar-refractivity contribution in [3.63, 3.8) is 0 Å². The SMILES string of the molecule is O=C(On1c(Nc2cc(Cl)cc(Cl)c2)nc2cc(Cl)ccc2c1=O)c1ccccc1. The van der Waals surface area contributed by atoms with Gasteiger partial charge in [-0.15, -0.1) is 0 Å². The Morgan fingerprint density at radius 2 is 1.60 bits per heavy atom. The standard InChI is InChI=1S/C21H12Cl3N3O3/c22-13-6-7-17-18(11-13)26-21(25-16-9-14(23)8-15(24)10-16)27(19(17)28)30-20(29)12-4-2-1-3-5-12/h1-11H,(H,25,26). The van der Waals surface area contributed by atoms with Gasteiger partial charge in [-0.05, 0) is 48.5 Å². The molecule has 4 rings (SSSR count). The molecule has 0 spiro atoms. The van der Waals surface area contributed by atoms with Crippen LogP contribution in [-0.2, 0) is 0 Å². The van der Waals surface area contributed by atoms with Crippen LogP contribution in [0.4, 0.5) is 11.6 Å². The molecule has 1 aromatic heterocycles. The molecular formula is C21H12Cl3N3O3. The lowest BCUT2D eigenvalue weighted by molar-refractivity contribution is 0.0452. The smallest absolute Gasteiger partial charge is 0.324 e. The molecular weight excluding hydrogens is 449 g/mol. The van der Waals surface area contributed by atoms with Crippen molar-refractivity contribution in [3.05, 3.63) is 97.7 Å². The van der Waals surface area contributed by atoms with Crippen LogP contribution in [0.2, 0.25) is 15.1 Å². The molecule has 9 heteroatoms. The van der Waals surface area contributed by atoms with Crippen LogP contribution >= 0.6 is 34.8 Å². The first kappa shape index (κ1) is 20.2. The lowest BCUT2D eigenvalue weighted by Gasteiger charge is -2.14. The van der Waals surface area contributed by atoms with E-state index in [1.807, 2.05) is 0 Å². The van der Waals surface area contributed by atoms with Crippen molar-refractivity contribution in [2.45, 2.75) is 0 Å². The van der Waals surface area contributed by atoms with E-state index in [0.29, 0.717) is 26.3 Å². The van der Waals surface area contributed by atoms with Crippen molar-refractivity contribution in [1.82, 2.24) is 9.71 Å². The van der Waals surface area contributed by atoms with Crippen LogP contribution in [-0.4, -0.2) is 15.7 Å². The molecule has 0 aliphatic heterocycles. The highest BCUT2D eigenvalue weighted by molar-refractivity contribution is 6.35. The van der Waals surface area contributed by atoms with Gasteiger partial charge in [0.05, 0.1) is 16.5 Å². The maximum absolute atomic E-state index is 13.1. The fraction of sp³-hybridized carbons (Fsp3) is 0. The second-order valence-electron chi connectivity index (χ2n) is 6.22. The molecule has 0 aliphatic rings. The molecule has 3 aromatic carbocycles. The third-order valence-corrected chi connectivity index (χ3v) is 4.77. The number of aromatic nitrogens is 2. The Hall–Kier alpha value is -3.06. The summed E-state index contributed by atoms with van der Waals surface area (Å²) in [6, 6.07) is 17.6. The van der Waals surface area contributed by atoms with Crippen molar-refractivity contribution in [3.8, 4) is 0 Å². The highest BCUT2D eigenvalue weighted by Crippen LogP contribution is 2.25. The predicted molar refractivity (Wildman–Crippen MR) is 118 cm³/mol. The molecule has 0 radical (unpaired) electrons. The Labute approximate surface area is 185 Å². The molecule has 6 nitrogen and oxygen atoms in total. The number of benzene rings is 3. The van der Waals surface area contributed by atoms with Gasteiger partial charge >= 0.3 is 5.97 Å². The zero-order valence-corrected chi connectivity index (χ0v) is 17.4. The lowest BCUT2D eigenvalue weighted by Crippen LogP contribution is -2.33. The molecule has 0 bridgehead atoms. The number of hydrogen-bond donors (Lipinski definition) is 1. The van der Waals surface area contributed by atoms with E-state index in [1.54, 1.807) is 54.6 Å². The molecule has 0 unspecified atom stereocenters. The Kier molecular flexibility index (Phi) is 5.63. The molecule has 0 saturated heterocycles. The summed E-state index contributed by atoms with van der Waals surface area (Å²) in [5.74, 6) is -0.766. The number of anilines is 2. The van der Waals surface area contributed by atoms with E-state index in [1.165, 1.54) is 12.1 Å². The van der Waals surface area contributed by atoms with Gasteiger partial charge in [0.25, 0.3) is 5.56 Å². The van der Waals surface area contributed by atoms with Crippen molar-refractivity contribution in [2.24, 2.45) is 0 Å². The van der Waals surface area contributed by atoms with Gasteiger partial charge in [0.1, 0.15) is 0 Å². The predicted octanol–water partition coefficient (Wildman–Crippen LogP) is 5.37. The van der Waals surface area contributed by atoms with E-state index in [9.17, 15) is 9.59 Å². The fourth-order valence-corrected chi connectivity index (χ4v) is 3.46. The number of hydrogen-bond acceptors (Lipinski definition) is 5. The summed E-state index contributed by atoms with van der Waals surface area (Å²) in [6.45, 7) is 0. The van der Waals surface area contributed by atoms with Crippen molar-refractivity contribution in [1.29, 1.82) is 0 Å². The van der Waals surface area contributed by atoms with Crippen LogP contribution in [0.15, 0.2) is 71.5 Å². The molecule has 1 heterocycles. The number of rotatable bonds is 4. The van der Waals surface area contributed by atoms with Gasteiger partial charge < -0.3 is 10.2 Å². The summed E-state index contributed by atoms with van der Waals surface area (Å²) in [5, 5.41) is 4.32. The van der Waals surface area contributed by atoms with Crippen molar-refractivity contribution < 1.29 is 9.63 Å². The molecule has 0 amide bonds. The molecule has 0 atom stereocenters. The minimum atomic E-state index is -0.722. The van der Waals surface area contributed by atoms with Gasteiger partial charge in [0.15, 0.2) is 0 Å². The molecule has 150 valence electrons. The number of nitrogens with zero attached hydrogens (tertiary/aromatic N) is 2. The summed E-state index contributed by atoms with van der Waals surface area (Å²) in [4.78, 5) is 35.4. The summed E-state index contributed by atoms with van der Waals surface area (Å²) in [5.41, 5.74) is 0.467. The molecule has 30 heavy (non-hydrogen) atoms. The zero-order chi connectivity index (χ0) is 21.3. The van der Waals surface area contributed by atoms with Gasteiger partial charge in [-0.1, -0.05) is 57.7 Å². The summed E-state index contributed by atoms with van der Waals surface area (Å²) in [6.07, 6.45) is 0. The summed E-state index contributed by atoms with van der Waals surface area (Å²) in [7, 11) is 0. The minimum absolute atomic E-state index is 0.0441. The number of halogens is 3. The highest BCUT2D eigenvalue weighted by Gasteiger charge is 2.17. The first-order chi connectivity index (χ1) is 14.4. The fourth-order valence-electron chi connectivity index (χ4n) is 2.77. The number of nitrogens with one attached hydrogen (secondary N) is 1. The van der Waals surface area contributed by atoms with Crippen molar-refractivity contribution in [2.75, 3.05) is 5.32 Å². The van der Waals surface area contributed by atoms with E-state index in [4.69, 9.17) is 39.6 Å². The maximum Gasteiger partial charge on any atom is 0.363 e. The van der Waals surface area contributed by atoms with Crippen LogP contribution in [0.3, 0.4) is 0 Å². The highest BCUT2D eigenvalue weighted by atomic mass is 35.5. The number of carbonyl (C=O) groups is 1. The maximum atomic E-state index is 13.1. The molecule has 0 aliphatic carbocycles. The second-order valence-corrected chi connectivity index (χ2v) is 7.53. The van der Waals surface area contributed by atoms with Crippen molar-refractivity contribution >= 4 is 63.3 Å². The first-order valence-electron chi connectivity index (χ1n) is 8.64. The second kappa shape index (κ2) is 8.36. The third-order valence-electron chi connectivity index (χ3n) is 4.10. The Balaban J connectivity index is 1.84. The average molecular weight is 461 g/mol. The normalized spacial score (nSPS) is 10.8. The van der Waals surface area contributed by atoms with Crippen LogP contribution < -0.4 is 15.7 Å². The first-order valence-corrected chi connectivity index (χ1v) is 9.77. The number of carbonyl (C=O) groups excluding carboxylic acids is 1. The summed E-state index contributed by atoms with van der Waals surface area (Å²) < 4.78 is 0.792. The molecule has 0 saturated carbocycles.